The average molecular weight is 313 g/mol. The molecule has 5 nitrogen and oxygen atoms in total. The number of hydrogen-bond acceptors (Lipinski definition) is 3. The summed E-state index contributed by atoms with van der Waals surface area (Å²) in [5, 5.41) is 2.75. The summed E-state index contributed by atoms with van der Waals surface area (Å²) in [6.45, 7) is 6.92. The molecule has 1 heterocycles. The second-order valence-electron chi connectivity index (χ2n) is 6.05. The number of amides is 1. The lowest BCUT2D eigenvalue weighted by molar-refractivity contribution is 0.102. The molecule has 0 unspecified atom stereocenters. The fourth-order valence-corrected chi connectivity index (χ4v) is 2.11. The summed E-state index contributed by atoms with van der Waals surface area (Å²) < 4.78 is 0. The Labute approximate surface area is 136 Å². The smallest absolute Gasteiger partial charge is 0.261 e. The van der Waals surface area contributed by atoms with Crippen LogP contribution in [0.5, 0.6) is 0 Å². The predicted octanol–water partition coefficient (Wildman–Crippen LogP) is 2.78. The van der Waals surface area contributed by atoms with Gasteiger partial charge in [0, 0.05) is 36.2 Å². The van der Waals surface area contributed by atoms with E-state index >= 15 is 0 Å². The molecule has 0 radical (unpaired) electrons. The Hall–Kier alpha value is -2.40. The van der Waals surface area contributed by atoms with Crippen LogP contribution in [-0.2, 0) is 6.54 Å². The van der Waals surface area contributed by atoms with Gasteiger partial charge in [0.05, 0.1) is 0 Å². The molecular formula is C18H23N3O2. The number of H-pyrrole nitrogens is 1. The number of pyridine rings is 1. The highest BCUT2D eigenvalue weighted by molar-refractivity contribution is 6.03. The van der Waals surface area contributed by atoms with Crippen LogP contribution >= 0.6 is 0 Å². The molecule has 0 atom stereocenters. The molecule has 1 aromatic carbocycles. The number of benzene rings is 1. The number of aromatic nitrogens is 1. The molecule has 23 heavy (non-hydrogen) atoms. The van der Waals surface area contributed by atoms with Gasteiger partial charge in [-0.25, -0.2) is 0 Å². The number of nitrogens with one attached hydrogen (secondary N) is 2. The first-order chi connectivity index (χ1) is 10.9. The van der Waals surface area contributed by atoms with Gasteiger partial charge in [-0.15, -0.1) is 0 Å². The molecule has 0 aliphatic rings. The highest BCUT2D eigenvalue weighted by Crippen LogP contribution is 2.12. The molecule has 2 aromatic rings. The number of rotatable bonds is 5. The van der Waals surface area contributed by atoms with E-state index in [2.05, 4.69) is 36.1 Å². The Bertz CT molecular complexity index is 733. The van der Waals surface area contributed by atoms with Gasteiger partial charge in [-0.05, 0) is 45.5 Å². The van der Waals surface area contributed by atoms with Crippen LogP contribution in [0.1, 0.15) is 35.5 Å². The summed E-state index contributed by atoms with van der Waals surface area (Å²) in [5.74, 6) is -0.404. The summed E-state index contributed by atoms with van der Waals surface area (Å²) in [4.78, 5) is 29.1. The summed E-state index contributed by atoms with van der Waals surface area (Å²) in [6, 6.07) is 9.55. The van der Waals surface area contributed by atoms with Crippen molar-refractivity contribution in [2.45, 2.75) is 33.4 Å². The van der Waals surface area contributed by atoms with E-state index in [-0.39, 0.29) is 11.0 Å². The molecule has 0 bridgehead atoms. The molecule has 1 aromatic heterocycles. The minimum atomic E-state index is -0.404. The van der Waals surface area contributed by atoms with E-state index in [0.717, 1.165) is 12.2 Å². The first kappa shape index (κ1) is 17.0. The topological polar surface area (TPSA) is 65.2 Å². The van der Waals surface area contributed by atoms with E-state index in [4.69, 9.17) is 0 Å². The van der Waals surface area contributed by atoms with Crippen LogP contribution in [0.25, 0.3) is 0 Å². The third-order valence-electron chi connectivity index (χ3n) is 3.83. The van der Waals surface area contributed by atoms with Crippen molar-refractivity contribution in [3.63, 3.8) is 0 Å². The molecule has 0 fully saturated rings. The van der Waals surface area contributed by atoms with Crippen molar-refractivity contribution in [1.82, 2.24) is 9.88 Å². The largest absolute Gasteiger partial charge is 0.364 e. The SMILES string of the molecule is Cc1cc(=O)c(C(=O)Nc2ccc(CN(C)C(C)C)cc2)c[nH]1. The summed E-state index contributed by atoms with van der Waals surface area (Å²) in [7, 11) is 2.07. The molecule has 1 amide bonds. The van der Waals surface area contributed by atoms with Crippen molar-refractivity contribution in [3.8, 4) is 0 Å². The van der Waals surface area contributed by atoms with Gasteiger partial charge in [0.15, 0.2) is 5.43 Å². The molecule has 2 rings (SSSR count). The number of nitrogens with zero attached hydrogens (tertiary/aromatic N) is 1. The Kier molecular flexibility index (Phi) is 5.34. The Balaban J connectivity index is 2.06. The van der Waals surface area contributed by atoms with E-state index in [9.17, 15) is 9.59 Å². The van der Waals surface area contributed by atoms with Gasteiger partial charge in [-0.3, -0.25) is 14.5 Å². The van der Waals surface area contributed by atoms with Crippen LogP contribution in [-0.4, -0.2) is 28.9 Å². The summed E-state index contributed by atoms with van der Waals surface area (Å²) in [6.07, 6.45) is 1.44. The average Bonchev–Trinajstić information content (AvgIpc) is 2.48. The number of hydrogen-bond donors (Lipinski definition) is 2. The van der Waals surface area contributed by atoms with Crippen molar-refractivity contribution < 1.29 is 4.79 Å². The summed E-state index contributed by atoms with van der Waals surface area (Å²) in [5.41, 5.74) is 2.40. The maximum absolute atomic E-state index is 12.2. The lowest BCUT2D eigenvalue weighted by atomic mass is 10.1. The molecule has 0 saturated carbocycles. The van der Waals surface area contributed by atoms with Crippen LogP contribution in [0.15, 0.2) is 41.3 Å². The zero-order chi connectivity index (χ0) is 17.0. The number of carbonyl (C=O) groups is 1. The third kappa shape index (κ3) is 4.53. The quantitative estimate of drug-likeness (QED) is 0.892. The van der Waals surface area contributed by atoms with Crippen molar-refractivity contribution in [2.24, 2.45) is 0 Å². The normalized spacial score (nSPS) is 11.0. The summed E-state index contributed by atoms with van der Waals surface area (Å²) >= 11 is 0. The van der Waals surface area contributed by atoms with E-state index < -0.39 is 5.91 Å². The number of aromatic amines is 1. The van der Waals surface area contributed by atoms with Crippen molar-refractivity contribution in [2.75, 3.05) is 12.4 Å². The first-order valence-electron chi connectivity index (χ1n) is 7.66. The van der Waals surface area contributed by atoms with Crippen LogP contribution < -0.4 is 10.7 Å². The molecule has 2 N–H and O–H groups in total. The zero-order valence-electron chi connectivity index (χ0n) is 14.0. The van der Waals surface area contributed by atoms with Crippen LogP contribution in [0.3, 0.4) is 0 Å². The van der Waals surface area contributed by atoms with Crippen LogP contribution in [0.2, 0.25) is 0 Å². The second kappa shape index (κ2) is 7.24. The number of aryl methyl sites for hydroxylation is 1. The second-order valence-corrected chi connectivity index (χ2v) is 6.05. The number of carbonyl (C=O) groups excluding carboxylic acids is 1. The Morgan fingerprint density at radius 1 is 1.26 bits per heavy atom. The van der Waals surface area contributed by atoms with Crippen molar-refractivity contribution in [1.29, 1.82) is 0 Å². The maximum Gasteiger partial charge on any atom is 0.261 e. The van der Waals surface area contributed by atoms with Gasteiger partial charge < -0.3 is 10.3 Å². The fraction of sp³-hybridized carbons (Fsp3) is 0.333. The van der Waals surface area contributed by atoms with E-state index in [1.807, 2.05) is 24.3 Å². The van der Waals surface area contributed by atoms with Crippen molar-refractivity contribution >= 4 is 11.6 Å². The van der Waals surface area contributed by atoms with Gasteiger partial charge >= 0.3 is 0 Å². The molecule has 122 valence electrons. The van der Waals surface area contributed by atoms with Gasteiger partial charge in [0.25, 0.3) is 5.91 Å². The molecule has 0 aliphatic carbocycles. The van der Waals surface area contributed by atoms with Crippen molar-refractivity contribution in [3.05, 3.63) is 63.6 Å². The molecule has 0 spiro atoms. The van der Waals surface area contributed by atoms with E-state index in [1.54, 1.807) is 6.92 Å². The van der Waals surface area contributed by atoms with Crippen LogP contribution in [0, 0.1) is 6.92 Å². The molecule has 5 heteroatoms. The number of anilines is 1. The Morgan fingerprint density at radius 2 is 1.91 bits per heavy atom. The highest BCUT2D eigenvalue weighted by atomic mass is 16.2. The van der Waals surface area contributed by atoms with Gasteiger partial charge in [-0.1, -0.05) is 12.1 Å². The van der Waals surface area contributed by atoms with Gasteiger partial charge in [0.2, 0.25) is 0 Å². The lowest BCUT2D eigenvalue weighted by Crippen LogP contribution is -2.25. The lowest BCUT2D eigenvalue weighted by Gasteiger charge is -2.21. The molecular weight excluding hydrogens is 290 g/mol. The van der Waals surface area contributed by atoms with E-state index in [0.29, 0.717) is 11.7 Å². The van der Waals surface area contributed by atoms with Crippen LogP contribution in [0.4, 0.5) is 5.69 Å². The third-order valence-corrected chi connectivity index (χ3v) is 3.83. The standard InChI is InChI=1S/C18H23N3O2/c1-12(2)21(4)11-14-5-7-15(8-6-14)20-18(23)16-10-19-13(3)9-17(16)22/h5-10,12H,11H2,1-4H3,(H,19,22)(H,20,23). The monoisotopic (exact) mass is 313 g/mol. The zero-order valence-corrected chi connectivity index (χ0v) is 14.0. The maximum atomic E-state index is 12.2. The first-order valence-corrected chi connectivity index (χ1v) is 7.66. The molecule has 0 saturated heterocycles. The van der Waals surface area contributed by atoms with Gasteiger partial charge in [0.1, 0.15) is 5.56 Å². The minimum Gasteiger partial charge on any atom is -0.364 e. The minimum absolute atomic E-state index is 0.110. The Morgan fingerprint density at radius 3 is 2.48 bits per heavy atom. The molecule has 0 aliphatic heterocycles. The highest BCUT2D eigenvalue weighted by Gasteiger charge is 2.11. The van der Waals surface area contributed by atoms with E-state index in [1.165, 1.54) is 17.8 Å². The fourth-order valence-electron chi connectivity index (χ4n) is 2.11. The van der Waals surface area contributed by atoms with Gasteiger partial charge in [-0.2, -0.15) is 0 Å². The predicted molar refractivity (Wildman–Crippen MR) is 92.8 cm³/mol.